The molecule has 4 fully saturated rings. The summed E-state index contributed by atoms with van der Waals surface area (Å²) in [5, 5.41) is 29.8. The first kappa shape index (κ1) is 74.3. The lowest BCUT2D eigenvalue weighted by atomic mass is 9.39. The molecule has 3 aromatic heterocycles. The summed E-state index contributed by atoms with van der Waals surface area (Å²) in [5.41, 5.74) is 8.67. The van der Waals surface area contributed by atoms with Crippen molar-refractivity contribution in [3.63, 3.8) is 0 Å². The summed E-state index contributed by atoms with van der Waals surface area (Å²) in [6.45, 7) is 10.6. The van der Waals surface area contributed by atoms with E-state index in [4.69, 9.17) is 30.0 Å². The number of urea groups is 2. The second-order valence-corrected chi connectivity index (χ2v) is 31.4. The molecule has 9 N–H and O–H groups in total. The normalized spacial score (nSPS) is 20.8. The number of benzene rings is 3. The fourth-order valence-corrected chi connectivity index (χ4v) is 17.6. The largest absolute Gasteiger partial charge is 0.490 e. The molecule has 5 heterocycles. The van der Waals surface area contributed by atoms with Gasteiger partial charge < -0.3 is 51.2 Å². The molecule has 4 atom stereocenters. The number of nitrogens with one attached hydrogen (secondary N) is 5. The first-order valence-corrected chi connectivity index (χ1v) is 36.9. The van der Waals surface area contributed by atoms with Gasteiger partial charge in [-0.15, -0.1) is 0 Å². The Morgan fingerprint density at radius 1 is 0.825 bits per heavy atom. The zero-order valence-electron chi connectivity index (χ0n) is 58.2. The van der Waals surface area contributed by atoms with Crippen molar-refractivity contribution in [1.82, 2.24) is 45.5 Å². The summed E-state index contributed by atoms with van der Waals surface area (Å²) in [6, 6.07) is 19.4. The number of imide groups is 1. The summed E-state index contributed by atoms with van der Waals surface area (Å²) >= 11 is 1.37. The second-order valence-electron chi connectivity index (χ2n) is 28.8. The SMILES string of the molecule is Cc1c(-c2ccc(-c3ccc4c(c3)N(C(=O)Nc3nc5ccccc5s3)CCO4)nc2C(=O)O)cnn1CC12CC3(C)CC(C)(C1)CC(OCCN(CCS(=O)(=O)O)C(=O)OCc1ccc(NC(=O)[C@H](CCCNC(N)=O)NC(=O)[C@@H](NC(=O)CCCCCN4C(=O)C=CC4=O)C(C)C)cc1)(C3)C2. The Balaban J connectivity index is 0.703. The first-order valence-electron chi connectivity index (χ1n) is 34.5. The Morgan fingerprint density at radius 2 is 1.56 bits per heavy atom. The van der Waals surface area contributed by atoms with Gasteiger partial charge in [0.1, 0.15) is 31.0 Å². The summed E-state index contributed by atoms with van der Waals surface area (Å²) in [7, 11) is -4.52. The number of aromatic nitrogens is 4. The number of para-hydroxylation sites is 1. The number of rotatable bonds is 31. The van der Waals surface area contributed by atoms with E-state index in [1.54, 1.807) is 79.5 Å². The Hall–Kier alpha value is -9.85. The van der Waals surface area contributed by atoms with Crippen LogP contribution in [0.4, 0.5) is 30.9 Å². The molecule has 0 radical (unpaired) electrons. The standard InChI is InChI=1S/C72H87N13O16S2/c1-44(2)60(80-57(86)15-7-6-10-27-84-58(87)24-25-59(84)88)63(90)78-53(13-11-26-74-65(73)93)62(89)76-48-19-16-46(17-20-48)36-100-68(95)82(30-33-103(96,97)98)28-32-101-72-40-69(4)37-70(5,41-72)39-71(38-69,42-72)43-85-45(3)50(35-75-85)49-21-22-51(77-61(49)64(91)92)47-18-23-55-54(34-47)83(29-31-99-55)67(94)81-66-79-52-12-8-9-14-56(52)102-66/h8-9,12,14,16-25,34-35,44,53,60H,6-7,10-11,13,15,26-33,36-43H2,1-5H3,(H,76,89)(H,78,90)(H,80,86)(H,91,92)(H3,73,74,93)(H,79,81,94)(H,96,97,98)/t53-,60-,69?,70?,71?,72?/m0/s1. The summed E-state index contributed by atoms with van der Waals surface area (Å²) in [5.74, 6) is -4.27. The molecule has 548 valence electrons. The van der Waals surface area contributed by atoms with Gasteiger partial charge in [-0.2, -0.15) is 13.5 Å². The van der Waals surface area contributed by atoms with Crippen molar-refractivity contribution < 1.29 is 75.4 Å². The van der Waals surface area contributed by atoms with Crippen LogP contribution in [-0.2, 0) is 56.7 Å². The first-order chi connectivity index (χ1) is 49.0. The predicted octanol–water partition coefficient (Wildman–Crippen LogP) is 8.82. The number of hydrogen-bond donors (Lipinski definition) is 8. The van der Waals surface area contributed by atoms with Gasteiger partial charge in [0.15, 0.2) is 10.8 Å². The quantitative estimate of drug-likeness (QED) is 0.0114. The number of carboxylic acids is 1. The molecule has 103 heavy (non-hydrogen) atoms. The minimum absolute atomic E-state index is 0.0194. The molecule has 0 spiro atoms. The predicted molar refractivity (Wildman–Crippen MR) is 382 cm³/mol. The van der Waals surface area contributed by atoms with Gasteiger partial charge in [0, 0.05) is 79.4 Å². The van der Waals surface area contributed by atoms with Gasteiger partial charge in [-0.3, -0.25) is 48.3 Å². The van der Waals surface area contributed by atoms with Crippen LogP contribution in [0, 0.1) is 29.1 Å². The maximum Gasteiger partial charge on any atom is 0.410 e. The lowest BCUT2D eigenvalue weighted by Gasteiger charge is -2.69. The Morgan fingerprint density at radius 3 is 2.26 bits per heavy atom. The molecule has 2 unspecified atom stereocenters. The molecule has 2 aliphatic heterocycles. The number of unbranched alkanes of at least 4 members (excludes halogenated alkanes) is 2. The van der Waals surface area contributed by atoms with E-state index in [9.17, 15) is 61.2 Å². The molecule has 6 aromatic rings. The van der Waals surface area contributed by atoms with E-state index in [2.05, 4.69) is 45.4 Å². The third-order valence-electron chi connectivity index (χ3n) is 19.8. The van der Waals surface area contributed by atoms with Gasteiger partial charge in [0.25, 0.3) is 21.9 Å². The second kappa shape index (κ2) is 31.0. The number of thiazole rings is 1. The number of ether oxygens (including phenoxy) is 3. The van der Waals surface area contributed by atoms with Crippen molar-refractivity contribution in [2.75, 3.05) is 67.2 Å². The molecule has 4 bridgehead atoms. The highest BCUT2D eigenvalue weighted by molar-refractivity contribution is 7.85. The zero-order chi connectivity index (χ0) is 73.6. The number of amides is 10. The monoisotopic (exact) mass is 1450 g/mol. The topological polar surface area (TPSA) is 395 Å². The van der Waals surface area contributed by atoms with Crippen LogP contribution in [-0.4, -0.2) is 171 Å². The lowest BCUT2D eigenvalue weighted by Crippen LogP contribution is -2.64. The maximum absolute atomic E-state index is 13.9. The molecule has 10 amide bonds. The smallest absolute Gasteiger partial charge is 0.410 e. The Bertz CT molecular complexity index is 4340. The number of carboxylic acid groups (broad SMARTS) is 1. The van der Waals surface area contributed by atoms with E-state index in [1.807, 2.05) is 35.9 Å². The van der Waals surface area contributed by atoms with Crippen molar-refractivity contribution >= 4 is 102 Å². The van der Waals surface area contributed by atoms with Gasteiger partial charge in [-0.05, 0) is 153 Å². The minimum atomic E-state index is -4.52. The van der Waals surface area contributed by atoms with E-state index in [0.717, 1.165) is 52.9 Å². The molecular formula is C72H87N13O16S2. The number of pyridine rings is 1. The van der Waals surface area contributed by atoms with E-state index in [1.165, 1.54) is 28.4 Å². The van der Waals surface area contributed by atoms with Crippen molar-refractivity contribution in [3.8, 4) is 28.1 Å². The van der Waals surface area contributed by atoms with Crippen LogP contribution in [0.3, 0.4) is 0 Å². The van der Waals surface area contributed by atoms with E-state index in [-0.39, 0.29) is 105 Å². The molecule has 0 saturated heterocycles. The number of aromatic carboxylic acids is 1. The highest BCUT2D eigenvalue weighted by Crippen LogP contribution is 2.72. The van der Waals surface area contributed by atoms with Crippen molar-refractivity contribution in [2.45, 2.75) is 143 Å². The van der Waals surface area contributed by atoms with Gasteiger partial charge in [0.05, 0.1) is 52.3 Å². The van der Waals surface area contributed by atoms with Crippen LogP contribution in [0.2, 0.25) is 0 Å². The number of nitrogens with zero attached hydrogens (tertiary/aromatic N) is 7. The van der Waals surface area contributed by atoms with E-state index >= 15 is 0 Å². The molecule has 6 aliphatic rings. The summed E-state index contributed by atoms with van der Waals surface area (Å²) < 4.78 is 55.6. The number of hydrogen-bond acceptors (Lipinski definition) is 18. The number of carbonyl (C=O) groups excluding carboxylic acids is 8. The van der Waals surface area contributed by atoms with Crippen molar-refractivity contribution in [3.05, 3.63) is 114 Å². The minimum Gasteiger partial charge on any atom is -0.490 e. The van der Waals surface area contributed by atoms with E-state index in [0.29, 0.717) is 82.4 Å². The Labute approximate surface area is 599 Å². The van der Waals surface area contributed by atoms with Gasteiger partial charge in [0.2, 0.25) is 17.7 Å². The highest BCUT2D eigenvalue weighted by atomic mass is 32.2. The van der Waals surface area contributed by atoms with Crippen LogP contribution in [0.1, 0.15) is 126 Å². The fourth-order valence-electron chi connectivity index (χ4n) is 16.3. The molecule has 4 saturated carbocycles. The average Bonchev–Trinajstić information content (AvgIpc) is 0.978. The molecule has 4 aliphatic carbocycles. The van der Waals surface area contributed by atoms with Gasteiger partial charge in [-0.25, -0.2) is 29.1 Å². The molecule has 12 rings (SSSR count). The van der Waals surface area contributed by atoms with Crippen LogP contribution in [0.25, 0.3) is 32.6 Å². The molecular weight excluding hydrogens is 1370 g/mol. The number of primary amides is 1. The number of anilines is 3. The number of fused-ring (bicyclic) bond motifs is 2. The van der Waals surface area contributed by atoms with Crippen molar-refractivity contribution in [2.24, 2.45) is 27.9 Å². The van der Waals surface area contributed by atoms with Crippen LogP contribution >= 0.6 is 11.3 Å². The summed E-state index contributed by atoms with van der Waals surface area (Å²) in [4.78, 5) is 130. The third kappa shape index (κ3) is 18.1. The number of carbonyl (C=O) groups is 9. The molecule has 3 aromatic carbocycles. The lowest BCUT2D eigenvalue weighted by molar-refractivity contribution is -0.248. The number of nitrogens with two attached hydrogens (primary N) is 1. The zero-order valence-corrected chi connectivity index (χ0v) is 59.8. The Kier molecular flexibility index (Phi) is 22.4. The summed E-state index contributed by atoms with van der Waals surface area (Å²) in [6.07, 6.45) is 10.0. The fraction of sp³-hybridized carbons (Fsp3) is 0.472. The van der Waals surface area contributed by atoms with Crippen LogP contribution < -0.4 is 42.0 Å². The third-order valence-corrected chi connectivity index (χ3v) is 21.4. The maximum atomic E-state index is 13.9. The highest BCUT2D eigenvalue weighted by Gasteiger charge is 2.66. The van der Waals surface area contributed by atoms with Crippen LogP contribution in [0.15, 0.2) is 97.2 Å². The van der Waals surface area contributed by atoms with Crippen molar-refractivity contribution in [1.29, 1.82) is 0 Å². The molecule has 29 nitrogen and oxygen atoms in total. The van der Waals surface area contributed by atoms with Gasteiger partial charge in [-0.1, -0.05) is 69.7 Å². The van der Waals surface area contributed by atoms with E-state index < -0.39 is 81.9 Å². The van der Waals surface area contributed by atoms with Gasteiger partial charge >= 0.3 is 24.1 Å². The van der Waals surface area contributed by atoms with Crippen LogP contribution in [0.5, 0.6) is 5.75 Å². The average molecular weight is 1450 g/mol. The molecule has 31 heteroatoms.